The van der Waals surface area contributed by atoms with Crippen LogP contribution in [0.5, 0.6) is 0 Å². The molecule has 0 unspecified atom stereocenters. The van der Waals surface area contributed by atoms with Crippen LogP contribution >= 0.6 is 0 Å². The van der Waals surface area contributed by atoms with Crippen molar-refractivity contribution >= 4 is 5.70 Å². The van der Waals surface area contributed by atoms with Gasteiger partial charge in [-0.3, -0.25) is 0 Å². The lowest BCUT2D eigenvalue weighted by atomic mass is 10.0. The van der Waals surface area contributed by atoms with Crippen molar-refractivity contribution in [3.8, 4) is 0 Å². The summed E-state index contributed by atoms with van der Waals surface area (Å²) in [7, 11) is 3.48. The second kappa shape index (κ2) is 6.26. The van der Waals surface area contributed by atoms with E-state index in [1.54, 1.807) is 32.0 Å². The third kappa shape index (κ3) is 3.05. The van der Waals surface area contributed by atoms with E-state index in [-0.39, 0.29) is 5.56 Å². The predicted octanol–water partition coefficient (Wildman–Crippen LogP) is 3.83. The van der Waals surface area contributed by atoms with E-state index in [4.69, 9.17) is 0 Å². The van der Waals surface area contributed by atoms with Gasteiger partial charge in [-0.05, 0) is 18.6 Å². The van der Waals surface area contributed by atoms with Gasteiger partial charge in [0, 0.05) is 25.4 Å². The molecular formula is C13H19F2N. The Bertz CT molecular complexity index is 370. The van der Waals surface area contributed by atoms with Crippen molar-refractivity contribution in [1.82, 2.24) is 4.90 Å². The largest absolute Gasteiger partial charge is 0.378 e. The minimum atomic E-state index is -0.839. The smallest absolute Gasteiger partial charge is 0.168 e. The van der Waals surface area contributed by atoms with Gasteiger partial charge < -0.3 is 4.90 Å². The number of hydrogen-bond acceptors (Lipinski definition) is 1. The van der Waals surface area contributed by atoms with Crippen LogP contribution in [0.4, 0.5) is 8.78 Å². The molecule has 0 fully saturated rings. The Hall–Kier alpha value is -1.38. The topological polar surface area (TPSA) is 3.24 Å². The van der Waals surface area contributed by atoms with Crippen molar-refractivity contribution < 1.29 is 8.78 Å². The monoisotopic (exact) mass is 227 g/mol. The fourth-order valence-corrected chi connectivity index (χ4v) is 1.23. The molecule has 0 saturated carbocycles. The van der Waals surface area contributed by atoms with E-state index in [9.17, 15) is 8.78 Å². The number of aryl methyl sites for hydroxylation is 1. The third-order valence-electron chi connectivity index (χ3n) is 2.13. The first-order valence-electron chi connectivity index (χ1n) is 5.26. The van der Waals surface area contributed by atoms with Crippen LogP contribution in [0.15, 0.2) is 18.7 Å². The van der Waals surface area contributed by atoms with Crippen LogP contribution in [0.3, 0.4) is 0 Å². The van der Waals surface area contributed by atoms with Gasteiger partial charge in [0.25, 0.3) is 0 Å². The molecule has 90 valence electrons. The molecule has 0 heterocycles. The van der Waals surface area contributed by atoms with Crippen molar-refractivity contribution in [2.75, 3.05) is 14.1 Å². The molecule has 0 aliphatic heterocycles. The molecule has 0 saturated heterocycles. The highest BCUT2D eigenvalue weighted by atomic mass is 19.2. The molecule has 0 atom stereocenters. The molecule has 1 aromatic rings. The Kier molecular flexibility index (Phi) is 5.72. The summed E-state index contributed by atoms with van der Waals surface area (Å²) in [6, 6.07) is 2.67. The first-order chi connectivity index (χ1) is 7.45. The number of nitrogens with zero attached hydrogens (tertiary/aromatic N) is 1. The number of rotatable bonds is 2. The van der Waals surface area contributed by atoms with E-state index in [2.05, 4.69) is 6.58 Å². The van der Waals surface area contributed by atoms with E-state index in [0.29, 0.717) is 11.3 Å². The second-order valence-corrected chi connectivity index (χ2v) is 3.39. The SMILES string of the molecule is C=C(c1c(C)ccc(F)c1F)N(C)C.CC. The van der Waals surface area contributed by atoms with Gasteiger partial charge >= 0.3 is 0 Å². The summed E-state index contributed by atoms with van der Waals surface area (Å²) < 4.78 is 26.4. The lowest BCUT2D eigenvalue weighted by molar-refractivity contribution is 0.498. The normalized spacial score (nSPS) is 9.19. The Morgan fingerprint density at radius 1 is 1.19 bits per heavy atom. The zero-order chi connectivity index (χ0) is 12.9. The average molecular weight is 227 g/mol. The summed E-state index contributed by atoms with van der Waals surface area (Å²) in [6.45, 7) is 9.44. The van der Waals surface area contributed by atoms with Gasteiger partial charge in [0.2, 0.25) is 0 Å². The number of hydrogen-bond donors (Lipinski definition) is 0. The summed E-state index contributed by atoms with van der Waals surface area (Å²) in [4.78, 5) is 1.66. The van der Waals surface area contributed by atoms with Crippen molar-refractivity contribution in [3.05, 3.63) is 41.5 Å². The maximum atomic E-state index is 13.4. The minimum absolute atomic E-state index is 0.245. The van der Waals surface area contributed by atoms with E-state index in [1.807, 2.05) is 13.8 Å². The molecule has 1 aromatic carbocycles. The van der Waals surface area contributed by atoms with Crippen LogP contribution in [0, 0.1) is 18.6 Å². The van der Waals surface area contributed by atoms with Crippen LogP contribution in [0.25, 0.3) is 5.70 Å². The highest BCUT2D eigenvalue weighted by Gasteiger charge is 2.14. The van der Waals surface area contributed by atoms with Crippen LogP contribution in [0.2, 0.25) is 0 Å². The molecule has 0 aliphatic carbocycles. The second-order valence-electron chi connectivity index (χ2n) is 3.39. The van der Waals surface area contributed by atoms with Crippen molar-refractivity contribution in [1.29, 1.82) is 0 Å². The highest BCUT2D eigenvalue weighted by Crippen LogP contribution is 2.24. The zero-order valence-corrected chi connectivity index (χ0v) is 10.6. The first kappa shape index (κ1) is 14.6. The Morgan fingerprint density at radius 2 is 1.69 bits per heavy atom. The fraction of sp³-hybridized carbons (Fsp3) is 0.385. The molecular weight excluding hydrogens is 208 g/mol. The fourth-order valence-electron chi connectivity index (χ4n) is 1.23. The summed E-state index contributed by atoms with van der Waals surface area (Å²) in [5.41, 5.74) is 1.40. The molecule has 3 heteroatoms. The van der Waals surface area contributed by atoms with Gasteiger partial charge in [0.05, 0.1) is 0 Å². The van der Waals surface area contributed by atoms with Crippen LogP contribution in [0.1, 0.15) is 25.0 Å². The summed E-state index contributed by atoms with van der Waals surface area (Å²) >= 11 is 0. The molecule has 1 rings (SSSR count). The quantitative estimate of drug-likeness (QED) is 0.742. The van der Waals surface area contributed by atoms with Crippen LogP contribution in [-0.2, 0) is 0 Å². The van der Waals surface area contributed by atoms with Gasteiger partial charge in [-0.25, -0.2) is 8.78 Å². The molecule has 0 radical (unpaired) electrons. The Morgan fingerprint density at radius 3 is 2.12 bits per heavy atom. The zero-order valence-electron chi connectivity index (χ0n) is 10.6. The summed E-state index contributed by atoms with van der Waals surface area (Å²) in [6.07, 6.45) is 0. The standard InChI is InChI=1S/C11H13F2N.C2H6/c1-7-5-6-9(12)11(13)10(7)8(2)14(3)4;1-2/h5-6H,2H2,1,3-4H3;1-2H3. The van der Waals surface area contributed by atoms with E-state index < -0.39 is 11.6 Å². The van der Waals surface area contributed by atoms with Crippen LogP contribution < -0.4 is 0 Å². The molecule has 0 aromatic heterocycles. The van der Waals surface area contributed by atoms with E-state index in [1.165, 1.54) is 0 Å². The maximum Gasteiger partial charge on any atom is 0.168 e. The molecule has 0 amide bonds. The number of halogens is 2. The Balaban J connectivity index is 0.00000106. The number of benzene rings is 1. The first-order valence-corrected chi connectivity index (χ1v) is 5.26. The van der Waals surface area contributed by atoms with Gasteiger partial charge in [-0.2, -0.15) is 0 Å². The van der Waals surface area contributed by atoms with Gasteiger partial charge in [0.1, 0.15) is 0 Å². The van der Waals surface area contributed by atoms with Gasteiger partial charge in [0.15, 0.2) is 11.6 Å². The predicted molar refractivity (Wildman–Crippen MR) is 65.2 cm³/mol. The molecule has 0 aliphatic rings. The average Bonchev–Trinajstić information content (AvgIpc) is 2.26. The van der Waals surface area contributed by atoms with E-state index in [0.717, 1.165) is 6.07 Å². The lowest BCUT2D eigenvalue weighted by Crippen LogP contribution is -2.12. The van der Waals surface area contributed by atoms with E-state index >= 15 is 0 Å². The van der Waals surface area contributed by atoms with Crippen LogP contribution in [-0.4, -0.2) is 19.0 Å². The molecule has 0 bridgehead atoms. The molecule has 16 heavy (non-hydrogen) atoms. The molecule has 1 nitrogen and oxygen atoms in total. The summed E-state index contributed by atoms with van der Waals surface area (Å²) in [5, 5.41) is 0. The minimum Gasteiger partial charge on any atom is -0.378 e. The maximum absolute atomic E-state index is 13.4. The van der Waals surface area contributed by atoms with Crippen molar-refractivity contribution in [2.24, 2.45) is 0 Å². The van der Waals surface area contributed by atoms with Gasteiger partial charge in [-0.15, -0.1) is 0 Å². The van der Waals surface area contributed by atoms with Crippen molar-refractivity contribution in [2.45, 2.75) is 20.8 Å². The molecule has 0 N–H and O–H groups in total. The highest BCUT2D eigenvalue weighted by molar-refractivity contribution is 5.65. The summed E-state index contributed by atoms with van der Waals surface area (Å²) in [5.74, 6) is -1.67. The van der Waals surface area contributed by atoms with Gasteiger partial charge in [-0.1, -0.05) is 26.5 Å². The Labute approximate surface area is 96.4 Å². The van der Waals surface area contributed by atoms with Crippen molar-refractivity contribution in [3.63, 3.8) is 0 Å². The lowest BCUT2D eigenvalue weighted by Gasteiger charge is -2.18. The molecule has 0 spiro atoms. The third-order valence-corrected chi connectivity index (χ3v) is 2.13.